The number of rotatable bonds is 8. The Morgan fingerprint density at radius 1 is 1.04 bits per heavy atom. The molecule has 0 heterocycles. The second-order valence-corrected chi connectivity index (χ2v) is 6.27. The molecule has 2 N–H and O–H groups in total. The first-order valence-corrected chi connectivity index (χ1v) is 8.33. The van der Waals surface area contributed by atoms with E-state index in [1.165, 1.54) is 0 Å². The fourth-order valence-corrected chi connectivity index (χ4v) is 2.64. The molecule has 0 aliphatic carbocycles. The molecule has 2 aromatic rings. The highest BCUT2D eigenvalue weighted by atomic mass is 16.5. The third-order valence-electron chi connectivity index (χ3n) is 3.91. The van der Waals surface area contributed by atoms with E-state index in [4.69, 9.17) is 9.94 Å². The molecule has 128 valence electrons. The summed E-state index contributed by atoms with van der Waals surface area (Å²) in [6.45, 7) is 5.09. The molecule has 1 atom stereocenters. The number of benzene rings is 2. The summed E-state index contributed by atoms with van der Waals surface area (Å²) in [5.41, 5.74) is 3.39. The van der Waals surface area contributed by atoms with Crippen LogP contribution in [0.3, 0.4) is 0 Å². The lowest BCUT2D eigenvalue weighted by Gasteiger charge is -2.16. The Hall–Kier alpha value is -2.33. The number of ether oxygens (including phenoxy) is 1. The molecule has 0 aromatic heterocycles. The van der Waals surface area contributed by atoms with Crippen LogP contribution in [0.2, 0.25) is 0 Å². The van der Waals surface area contributed by atoms with Crippen LogP contribution in [0.5, 0.6) is 5.75 Å². The van der Waals surface area contributed by atoms with E-state index in [0.29, 0.717) is 12.5 Å². The van der Waals surface area contributed by atoms with E-state index in [-0.39, 0.29) is 0 Å². The summed E-state index contributed by atoms with van der Waals surface area (Å²) >= 11 is 0. The molecule has 0 fully saturated rings. The van der Waals surface area contributed by atoms with Gasteiger partial charge in [-0.1, -0.05) is 56.3 Å². The van der Waals surface area contributed by atoms with Crippen molar-refractivity contribution >= 4 is 5.91 Å². The minimum absolute atomic E-state index is 0.452. The number of amides is 1. The van der Waals surface area contributed by atoms with Crippen LogP contribution in [0.4, 0.5) is 0 Å². The van der Waals surface area contributed by atoms with Crippen molar-refractivity contribution in [2.75, 3.05) is 6.61 Å². The Kier molecular flexibility index (Phi) is 6.82. The molecule has 4 nitrogen and oxygen atoms in total. The maximum atomic E-state index is 12.1. The minimum atomic E-state index is -0.550. The van der Waals surface area contributed by atoms with Crippen LogP contribution in [0, 0.1) is 5.92 Å². The minimum Gasteiger partial charge on any atom is -0.494 e. The summed E-state index contributed by atoms with van der Waals surface area (Å²) in [6, 6.07) is 16.8. The normalized spacial score (nSPS) is 12.0. The number of hydrogen-bond acceptors (Lipinski definition) is 3. The Bertz CT molecular complexity index is 623. The standard InChI is InChI=1S/C20H25NO3/c1-15(2)7-6-14-24-18-12-10-17(11-13-18)19(20(22)21-23)16-8-4-3-5-9-16/h3-5,8-13,15,19,23H,6-7,14H2,1-2H3,(H,21,22). The van der Waals surface area contributed by atoms with Crippen molar-refractivity contribution in [3.63, 3.8) is 0 Å². The van der Waals surface area contributed by atoms with Gasteiger partial charge in [0, 0.05) is 0 Å². The molecular weight excluding hydrogens is 302 g/mol. The topological polar surface area (TPSA) is 58.6 Å². The summed E-state index contributed by atoms with van der Waals surface area (Å²) < 4.78 is 5.73. The van der Waals surface area contributed by atoms with Crippen LogP contribution < -0.4 is 10.2 Å². The van der Waals surface area contributed by atoms with E-state index in [1.807, 2.05) is 54.6 Å². The van der Waals surface area contributed by atoms with Crippen molar-refractivity contribution in [3.8, 4) is 5.75 Å². The molecular formula is C20H25NO3. The Labute approximate surface area is 143 Å². The van der Waals surface area contributed by atoms with Crippen molar-refractivity contribution in [3.05, 3.63) is 65.7 Å². The zero-order chi connectivity index (χ0) is 17.4. The van der Waals surface area contributed by atoms with Gasteiger partial charge < -0.3 is 4.74 Å². The van der Waals surface area contributed by atoms with Crippen LogP contribution in [-0.4, -0.2) is 17.7 Å². The van der Waals surface area contributed by atoms with Crippen LogP contribution in [0.15, 0.2) is 54.6 Å². The van der Waals surface area contributed by atoms with Crippen LogP contribution in [0.1, 0.15) is 43.7 Å². The van der Waals surface area contributed by atoms with Gasteiger partial charge in [-0.15, -0.1) is 0 Å². The molecule has 0 aliphatic rings. The molecule has 0 aliphatic heterocycles. The van der Waals surface area contributed by atoms with Gasteiger partial charge in [0.2, 0.25) is 0 Å². The van der Waals surface area contributed by atoms with E-state index in [1.54, 1.807) is 5.48 Å². The molecule has 2 rings (SSSR count). The van der Waals surface area contributed by atoms with Gasteiger partial charge in [0.15, 0.2) is 0 Å². The molecule has 0 saturated carbocycles. The van der Waals surface area contributed by atoms with Gasteiger partial charge in [-0.25, -0.2) is 5.48 Å². The van der Waals surface area contributed by atoms with Crippen molar-refractivity contribution in [1.82, 2.24) is 5.48 Å². The fourth-order valence-electron chi connectivity index (χ4n) is 2.64. The van der Waals surface area contributed by atoms with Gasteiger partial charge in [0.05, 0.1) is 12.5 Å². The number of hydroxylamine groups is 1. The average molecular weight is 327 g/mol. The van der Waals surface area contributed by atoms with Crippen molar-refractivity contribution < 1.29 is 14.7 Å². The highest BCUT2D eigenvalue weighted by molar-refractivity contribution is 5.86. The van der Waals surface area contributed by atoms with Gasteiger partial charge in [0.25, 0.3) is 5.91 Å². The van der Waals surface area contributed by atoms with E-state index in [9.17, 15) is 4.79 Å². The van der Waals surface area contributed by atoms with Gasteiger partial charge in [-0.3, -0.25) is 10.0 Å². The van der Waals surface area contributed by atoms with E-state index >= 15 is 0 Å². The smallest absolute Gasteiger partial charge is 0.255 e. The van der Waals surface area contributed by atoms with Crippen molar-refractivity contribution in [1.29, 1.82) is 0 Å². The van der Waals surface area contributed by atoms with Gasteiger partial charge in [-0.2, -0.15) is 0 Å². The number of carbonyl (C=O) groups excluding carboxylic acids is 1. The summed E-state index contributed by atoms with van der Waals surface area (Å²) in [4.78, 5) is 12.1. The Morgan fingerprint density at radius 3 is 2.25 bits per heavy atom. The number of nitrogens with one attached hydrogen (secondary N) is 1. The highest BCUT2D eigenvalue weighted by Crippen LogP contribution is 2.26. The summed E-state index contributed by atoms with van der Waals surface area (Å²) in [5, 5.41) is 9.05. The Balaban J connectivity index is 2.07. The zero-order valence-corrected chi connectivity index (χ0v) is 14.2. The number of hydrogen-bond donors (Lipinski definition) is 2. The fraction of sp³-hybridized carbons (Fsp3) is 0.350. The maximum absolute atomic E-state index is 12.1. The lowest BCUT2D eigenvalue weighted by molar-refractivity contribution is -0.129. The molecule has 1 amide bonds. The molecule has 0 radical (unpaired) electrons. The first-order valence-electron chi connectivity index (χ1n) is 8.33. The molecule has 0 saturated heterocycles. The van der Waals surface area contributed by atoms with E-state index in [0.717, 1.165) is 29.7 Å². The van der Waals surface area contributed by atoms with E-state index < -0.39 is 11.8 Å². The van der Waals surface area contributed by atoms with Crippen LogP contribution in [0.25, 0.3) is 0 Å². The zero-order valence-electron chi connectivity index (χ0n) is 14.2. The second kappa shape index (κ2) is 9.08. The highest BCUT2D eigenvalue weighted by Gasteiger charge is 2.22. The molecule has 0 spiro atoms. The quantitative estimate of drug-likeness (QED) is 0.435. The van der Waals surface area contributed by atoms with Gasteiger partial charge in [0.1, 0.15) is 5.75 Å². The first kappa shape index (κ1) is 18.0. The monoisotopic (exact) mass is 327 g/mol. The van der Waals surface area contributed by atoms with Gasteiger partial charge >= 0.3 is 0 Å². The van der Waals surface area contributed by atoms with Gasteiger partial charge in [-0.05, 0) is 42.0 Å². The maximum Gasteiger partial charge on any atom is 0.255 e. The average Bonchev–Trinajstić information content (AvgIpc) is 2.61. The second-order valence-electron chi connectivity index (χ2n) is 6.27. The number of carbonyl (C=O) groups is 1. The predicted octanol–water partition coefficient (Wildman–Crippen LogP) is 4.14. The summed E-state index contributed by atoms with van der Waals surface area (Å²) in [5.74, 6) is 0.469. The van der Waals surface area contributed by atoms with E-state index in [2.05, 4.69) is 13.8 Å². The van der Waals surface area contributed by atoms with Crippen molar-refractivity contribution in [2.24, 2.45) is 5.92 Å². The third kappa shape index (κ3) is 5.10. The summed E-state index contributed by atoms with van der Waals surface area (Å²) in [7, 11) is 0. The lowest BCUT2D eigenvalue weighted by Crippen LogP contribution is -2.27. The molecule has 4 heteroatoms. The summed E-state index contributed by atoms with van der Waals surface area (Å²) in [6.07, 6.45) is 2.17. The molecule has 24 heavy (non-hydrogen) atoms. The lowest BCUT2D eigenvalue weighted by atomic mass is 9.91. The third-order valence-corrected chi connectivity index (χ3v) is 3.91. The molecule has 0 bridgehead atoms. The SMILES string of the molecule is CC(C)CCCOc1ccc(C(C(=O)NO)c2ccccc2)cc1. The molecule has 2 aromatic carbocycles. The largest absolute Gasteiger partial charge is 0.494 e. The predicted molar refractivity (Wildman–Crippen MR) is 94.2 cm³/mol. The first-order chi connectivity index (χ1) is 11.6. The molecule has 1 unspecified atom stereocenters. The van der Waals surface area contributed by atoms with Crippen LogP contribution >= 0.6 is 0 Å². The van der Waals surface area contributed by atoms with Crippen LogP contribution in [-0.2, 0) is 4.79 Å². The van der Waals surface area contributed by atoms with Crippen molar-refractivity contribution in [2.45, 2.75) is 32.6 Å². The Morgan fingerprint density at radius 2 is 1.67 bits per heavy atom.